The van der Waals surface area contributed by atoms with Crippen molar-refractivity contribution in [1.82, 2.24) is 0 Å². The minimum absolute atomic E-state index is 0.206. The molecular formula is C8H8F4. The Labute approximate surface area is 67.9 Å². The minimum atomic E-state index is -4.71. The Morgan fingerprint density at radius 1 is 1.25 bits per heavy atom. The minimum Gasteiger partial charge on any atom is -0.206 e. The molecule has 0 rings (SSSR count). The molecule has 0 saturated carbocycles. The first-order valence-corrected chi connectivity index (χ1v) is 3.04. The lowest BCUT2D eigenvalue weighted by atomic mass is 10.2. The Morgan fingerprint density at radius 3 is 1.92 bits per heavy atom. The van der Waals surface area contributed by atoms with Crippen molar-refractivity contribution in [2.45, 2.75) is 13.1 Å². The van der Waals surface area contributed by atoms with E-state index in [0.29, 0.717) is 6.08 Å². The van der Waals surface area contributed by atoms with E-state index in [1.807, 2.05) is 0 Å². The molecule has 0 aliphatic heterocycles. The molecule has 0 saturated heterocycles. The van der Waals surface area contributed by atoms with Gasteiger partial charge in [0.2, 0.25) is 0 Å². The fourth-order valence-corrected chi connectivity index (χ4v) is 0.439. The molecule has 12 heavy (non-hydrogen) atoms. The molecule has 0 aromatic rings. The second-order valence-electron chi connectivity index (χ2n) is 2.31. The van der Waals surface area contributed by atoms with Crippen LogP contribution < -0.4 is 0 Å². The van der Waals surface area contributed by atoms with E-state index in [2.05, 4.69) is 13.2 Å². The zero-order valence-corrected chi connectivity index (χ0v) is 6.50. The fraction of sp³-hybridized carbons (Fsp3) is 0.250. The topological polar surface area (TPSA) is 0 Å². The quantitative estimate of drug-likeness (QED) is 0.450. The highest BCUT2D eigenvalue weighted by atomic mass is 19.4. The fourth-order valence-electron chi connectivity index (χ4n) is 0.439. The van der Waals surface area contributed by atoms with Gasteiger partial charge in [-0.2, -0.15) is 13.2 Å². The van der Waals surface area contributed by atoms with Gasteiger partial charge in [0.05, 0.1) is 5.57 Å². The standard InChI is InChI=1S/C8H8F4/c1-5(2)4-7(9)6(3)8(10,11)12/h4H,1,3H2,2H3/b7-4+. The van der Waals surface area contributed by atoms with Crippen molar-refractivity contribution in [3.8, 4) is 0 Å². The molecule has 0 aromatic carbocycles. The third-order valence-electron chi connectivity index (χ3n) is 1.00. The lowest BCUT2D eigenvalue weighted by Gasteiger charge is -2.06. The lowest BCUT2D eigenvalue weighted by Crippen LogP contribution is -2.11. The maximum absolute atomic E-state index is 12.5. The van der Waals surface area contributed by atoms with Crippen molar-refractivity contribution in [2.75, 3.05) is 0 Å². The zero-order valence-electron chi connectivity index (χ0n) is 6.50. The Kier molecular flexibility index (Phi) is 3.24. The summed E-state index contributed by atoms with van der Waals surface area (Å²) < 4.78 is 47.7. The van der Waals surface area contributed by atoms with E-state index in [-0.39, 0.29) is 5.57 Å². The summed E-state index contributed by atoms with van der Waals surface area (Å²) in [6, 6.07) is 0. The van der Waals surface area contributed by atoms with Crippen LogP contribution in [-0.4, -0.2) is 6.18 Å². The molecule has 0 bridgehead atoms. The van der Waals surface area contributed by atoms with E-state index in [1.54, 1.807) is 0 Å². The maximum atomic E-state index is 12.5. The molecule has 0 radical (unpaired) electrons. The summed E-state index contributed by atoms with van der Waals surface area (Å²) in [5, 5.41) is 0. The van der Waals surface area contributed by atoms with Crippen molar-refractivity contribution in [3.05, 3.63) is 36.2 Å². The number of hydrogen-bond acceptors (Lipinski definition) is 0. The third-order valence-corrected chi connectivity index (χ3v) is 1.00. The molecular weight excluding hydrogens is 172 g/mol. The molecule has 0 nitrogen and oxygen atoms in total. The highest BCUT2D eigenvalue weighted by Gasteiger charge is 2.34. The van der Waals surface area contributed by atoms with Gasteiger partial charge in [-0.05, 0) is 13.0 Å². The Balaban J connectivity index is 4.63. The first-order valence-electron chi connectivity index (χ1n) is 3.04. The van der Waals surface area contributed by atoms with Crippen LogP contribution in [0.25, 0.3) is 0 Å². The van der Waals surface area contributed by atoms with E-state index < -0.39 is 17.6 Å². The number of allylic oxidation sites excluding steroid dienone is 4. The van der Waals surface area contributed by atoms with Gasteiger partial charge in [0.25, 0.3) is 0 Å². The van der Waals surface area contributed by atoms with E-state index >= 15 is 0 Å². The van der Waals surface area contributed by atoms with Crippen LogP contribution in [0.1, 0.15) is 6.92 Å². The van der Waals surface area contributed by atoms with Gasteiger partial charge in [0, 0.05) is 0 Å². The smallest absolute Gasteiger partial charge is 0.206 e. The van der Waals surface area contributed by atoms with Crippen LogP contribution in [0.5, 0.6) is 0 Å². The molecule has 0 heterocycles. The molecule has 0 aliphatic rings. The van der Waals surface area contributed by atoms with Crippen molar-refractivity contribution >= 4 is 0 Å². The second-order valence-corrected chi connectivity index (χ2v) is 2.31. The van der Waals surface area contributed by atoms with Crippen LogP contribution in [0.4, 0.5) is 17.6 Å². The van der Waals surface area contributed by atoms with Crippen LogP contribution in [0.15, 0.2) is 36.2 Å². The molecule has 0 N–H and O–H groups in total. The molecule has 0 atom stereocenters. The van der Waals surface area contributed by atoms with Crippen LogP contribution in [0, 0.1) is 0 Å². The van der Waals surface area contributed by atoms with Gasteiger partial charge in [-0.25, -0.2) is 4.39 Å². The summed E-state index contributed by atoms with van der Waals surface area (Å²) in [7, 11) is 0. The van der Waals surface area contributed by atoms with E-state index in [1.165, 1.54) is 6.92 Å². The Hall–Kier alpha value is -1.06. The van der Waals surface area contributed by atoms with Gasteiger partial charge in [-0.1, -0.05) is 18.7 Å². The largest absolute Gasteiger partial charge is 0.418 e. The van der Waals surface area contributed by atoms with Crippen molar-refractivity contribution in [1.29, 1.82) is 0 Å². The van der Waals surface area contributed by atoms with Crippen LogP contribution in [-0.2, 0) is 0 Å². The summed E-state index contributed by atoms with van der Waals surface area (Å²) in [5.74, 6) is -1.39. The van der Waals surface area contributed by atoms with Gasteiger partial charge in [-0.3, -0.25) is 0 Å². The van der Waals surface area contributed by atoms with E-state index in [9.17, 15) is 17.6 Å². The molecule has 0 spiro atoms. The van der Waals surface area contributed by atoms with Gasteiger partial charge in [-0.15, -0.1) is 0 Å². The zero-order chi connectivity index (χ0) is 9.94. The van der Waals surface area contributed by atoms with Crippen molar-refractivity contribution in [2.24, 2.45) is 0 Å². The van der Waals surface area contributed by atoms with Crippen LogP contribution in [0.3, 0.4) is 0 Å². The van der Waals surface area contributed by atoms with Crippen molar-refractivity contribution < 1.29 is 17.6 Å². The maximum Gasteiger partial charge on any atom is 0.418 e. The predicted molar refractivity (Wildman–Crippen MR) is 39.2 cm³/mol. The molecule has 0 amide bonds. The van der Waals surface area contributed by atoms with Crippen molar-refractivity contribution in [3.63, 3.8) is 0 Å². The van der Waals surface area contributed by atoms with Gasteiger partial charge in [0.15, 0.2) is 0 Å². The summed E-state index contributed by atoms with van der Waals surface area (Å²) in [6.45, 7) is 7.20. The number of halogens is 4. The molecule has 0 unspecified atom stereocenters. The molecule has 68 valence electrons. The SMILES string of the molecule is C=C(C)/C=C(/F)C(=C)C(F)(F)F. The summed E-state index contributed by atoms with van der Waals surface area (Å²) in [5.41, 5.74) is -1.27. The molecule has 0 fully saturated rings. The summed E-state index contributed by atoms with van der Waals surface area (Å²) in [6.07, 6.45) is -4.02. The Morgan fingerprint density at radius 2 is 1.67 bits per heavy atom. The number of hydrogen-bond donors (Lipinski definition) is 0. The van der Waals surface area contributed by atoms with Gasteiger partial charge in [0.1, 0.15) is 5.83 Å². The highest BCUT2D eigenvalue weighted by molar-refractivity contribution is 5.31. The highest BCUT2D eigenvalue weighted by Crippen LogP contribution is 2.30. The van der Waals surface area contributed by atoms with E-state index in [0.717, 1.165) is 0 Å². The average Bonchev–Trinajstić information content (AvgIpc) is 1.82. The molecule has 0 aliphatic carbocycles. The van der Waals surface area contributed by atoms with Crippen LogP contribution >= 0.6 is 0 Å². The Bertz CT molecular complexity index is 232. The third kappa shape index (κ3) is 3.37. The normalized spacial score (nSPS) is 12.9. The number of alkyl halides is 3. The molecule has 4 heteroatoms. The van der Waals surface area contributed by atoms with Crippen LogP contribution in [0.2, 0.25) is 0 Å². The monoisotopic (exact) mass is 180 g/mol. The second kappa shape index (κ2) is 3.56. The summed E-state index contributed by atoms with van der Waals surface area (Å²) >= 11 is 0. The van der Waals surface area contributed by atoms with Gasteiger partial charge >= 0.3 is 6.18 Å². The lowest BCUT2D eigenvalue weighted by molar-refractivity contribution is -0.0906. The first kappa shape index (κ1) is 10.9. The van der Waals surface area contributed by atoms with E-state index in [4.69, 9.17) is 0 Å². The van der Waals surface area contributed by atoms with Gasteiger partial charge < -0.3 is 0 Å². The first-order chi connectivity index (χ1) is 5.25. The number of rotatable bonds is 2. The average molecular weight is 180 g/mol. The summed E-state index contributed by atoms with van der Waals surface area (Å²) in [4.78, 5) is 0. The predicted octanol–water partition coefficient (Wildman–Crippen LogP) is 3.53. The molecule has 0 aromatic heterocycles.